The molecule has 0 unspecified atom stereocenters. The maximum Gasteiger partial charge on any atom is 0.273 e. The molecule has 1 aliphatic carbocycles. The average Bonchev–Trinajstić information content (AvgIpc) is 3.24. The number of rotatable bonds is 5. The summed E-state index contributed by atoms with van der Waals surface area (Å²) in [4.78, 5) is 12.7. The van der Waals surface area contributed by atoms with Crippen LogP contribution in [0.1, 0.15) is 67.0 Å². The summed E-state index contributed by atoms with van der Waals surface area (Å²) in [5, 5.41) is 14.6. The predicted molar refractivity (Wildman–Crippen MR) is 112 cm³/mol. The number of carbonyl (C=O) groups is 1. The number of hydrogen-bond donors (Lipinski definition) is 2. The summed E-state index contributed by atoms with van der Waals surface area (Å²) < 4.78 is 15.6. The summed E-state index contributed by atoms with van der Waals surface area (Å²) in [7, 11) is 0. The van der Waals surface area contributed by atoms with Gasteiger partial charge in [0.2, 0.25) is 0 Å². The molecule has 158 valence electrons. The van der Waals surface area contributed by atoms with Crippen LogP contribution in [0.2, 0.25) is 0 Å². The molecule has 1 aromatic carbocycles. The number of nitrogens with one attached hydrogen (secondary N) is 2. The number of amides is 1. The first kappa shape index (κ1) is 21.7. The monoisotopic (exact) mass is 421 g/mol. The van der Waals surface area contributed by atoms with Crippen molar-refractivity contribution in [3.05, 3.63) is 47.5 Å². The predicted octanol–water partition coefficient (Wildman–Crippen LogP) is 3.40. The highest BCUT2D eigenvalue weighted by molar-refractivity contribution is 5.91. The first-order chi connectivity index (χ1) is 13.7. The van der Waals surface area contributed by atoms with E-state index in [-0.39, 0.29) is 29.5 Å². The molecule has 1 saturated carbocycles. The van der Waals surface area contributed by atoms with Crippen molar-refractivity contribution in [1.29, 1.82) is 0 Å². The van der Waals surface area contributed by atoms with Crippen molar-refractivity contribution in [1.82, 2.24) is 25.6 Å². The lowest BCUT2D eigenvalue weighted by Crippen LogP contribution is -2.42. The fraction of sp³-hybridized carbons (Fsp3) is 0.571. The number of carbonyl (C=O) groups excluding carboxylic acids is 1. The van der Waals surface area contributed by atoms with Crippen molar-refractivity contribution >= 4 is 18.3 Å². The molecule has 6 nitrogen and oxygen atoms in total. The quantitative estimate of drug-likeness (QED) is 0.776. The molecule has 2 aromatic rings. The molecule has 2 fully saturated rings. The molecule has 0 bridgehead atoms. The first-order valence-electron chi connectivity index (χ1n) is 10.3. The summed E-state index contributed by atoms with van der Waals surface area (Å²) in [5.41, 5.74) is 1.12. The summed E-state index contributed by atoms with van der Waals surface area (Å²) in [6, 6.07) is 7.12. The van der Waals surface area contributed by atoms with Crippen molar-refractivity contribution in [3.63, 3.8) is 0 Å². The molecule has 29 heavy (non-hydrogen) atoms. The topological polar surface area (TPSA) is 71.8 Å². The molecule has 1 saturated heterocycles. The molecule has 1 aliphatic heterocycles. The van der Waals surface area contributed by atoms with Gasteiger partial charge in [0.1, 0.15) is 5.82 Å². The summed E-state index contributed by atoms with van der Waals surface area (Å²) in [5.74, 6) is -0.430. The fourth-order valence-corrected chi connectivity index (χ4v) is 4.58. The maximum atomic E-state index is 13.8. The van der Waals surface area contributed by atoms with Crippen LogP contribution in [0.5, 0.6) is 0 Å². The van der Waals surface area contributed by atoms with Gasteiger partial charge in [0.25, 0.3) is 5.91 Å². The Kier molecular flexibility index (Phi) is 7.24. The van der Waals surface area contributed by atoms with Crippen molar-refractivity contribution in [2.45, 2.75) is 56.4 Å². The number of halogens is 2. The van der Waals surface area contributed by atoms with Crippen LogP contribution in [0, 0.1) is 5.82 Å². The highest BCUT2D eigenvalue weighted by Gasteiger charge is 2.35. The number of nitrogens with zero attached hydrogens (tertiary/aromatic N) is 3. The van der Waals surface area contributed by atoms with Crippen molar-refractivity contribution in [3.8, 4) is 0 Å². The van der Waals surface area contributed by atoms with Crippen LogP contribution in [0.15, 0.2) is 30.5 Å². The molecular formula is C21H29ClFN5O. The zero-order chi connectivity index (χ0) is 19.4. The second-order valence-electron chi connectivity index (χ2n) is 8.10. The van der Waals surface area contributed by atoms with Gasteiger partial charge in [-0.05, 0) is 56.5 Å². The van der Waals surface area contributed by atoms with Gasteiger partial charge in [-0.1, -0.05) is 36.6 Å². The van der Waals surface area contributed by atoms with Crippen LogP contribution in [0.3, 0.4) is 0 Å². The van der Waals surface area contributed by atoms with E-state index < -0.39 is 0 Å². The van der Waals surface area contributed by atoms with Gasteiger partial charge in [0.15, 0.2) is 5.69 Å². The normalized spacial score (nSPS) is 19.3. The number of piperidine rings is 1. The van der Waals surface area contributed by atoms with Crippen molar-refractivity contribution < 1.29 is 9.18 Å². The van der Waals surface area contributed by atoms with Gasteiger partial charge in [-0.3, -0.25) is 4.79 Å². The van der Waals surface area contributed by atoms with E-state index in [1.54, 1.807) is 18.3 Å². The van der Waals surface area contributed by atoms with E-state index in [2.05, 4.69) is 20.9 Å². The molecule has 8 heteroatoms. The Hall–Kier alpha value is -1.99. The standard InChI is InChI=1S/C21H28FN5O.ClH/c22-17-6-4-5-16(13-17)21(9-2-1-3-10-21)15-24-20(28)19-14-27(26-25-19)18-7-11-23-12-8-18;/h4-6,13-14,18,23H,1-3,7-12,15H2,(H,24,28);1H. The van der Waals surface area contributed by atoms with Gasteiger partial charge in [0, 0.05) is 12.0 Å². The van der Waals surface area contributed by atoms with E-state index >= 15 is 0 Å². The molecule has 2 aliphatic rings. The molecule has 2 heterocycles. The van der Waals surface area contributed by atoms with Gasteiger partial charge < -0.3 is 10.6 Å². The lowest BCUT2D eigenvalue weighted by molar-refractivity contribution is 0.0931. The summed E-state index contributed by atoms with van der Waals surface area (Å²) in [6.45, 7) is 2.42. The Morgan fingerprint density at radius 1 is 1.24 bits per heavy atom. The lowest BCUT2D eigenvalue weighted by atomic mass is 9.69. The fourth-order valence-electron chi connectivity index (χ4n) is 4.58. The molecule has 0 atom stereocenters. The van der Waals surface area contributed by atoms with E-state index in [9.17, 15) is 9.18 Å². The SMILES string of the molecule is Cl.O=C(NCC1(c2cccc(F)c2)CCCCC1)c1cn(C2CCNCC2)nn1. The van der Waals surface area contributed by atoms with Crippen molar-refractivity contribution in [2.24, 2.45) is 0 Å². The molecule has 0 spiro atoms. The van der Waals surface area contributed by atoms with Crippen LogP contribution in [0.4, 0.5) is 4.39 Å². The van der Waals surface area contributed by atoms with Gasteiger partial charge in [-0.15, -0.1) is 17.5 Å². The number of benzene rings is 1. The largest absolute Gasteiger partial charge is 0.350 e. The third-order valence-electron chi connectivity index (χ3n) is 6.26. The highest BCUT2D eigenvalue weighted by atomic mass is 35.5. The van der Waals surface area contributed by atoms with E-state index in [0.717, 1.165) is 57.2 Å². The Morgan fingerprint density at radius 3 is 2.72 bits per heavy atom. The van der Waals surface area contributed by atoms with Gasteiger partial charge >= 0.3 is 0 Å². The molecule has 1 amide bonds. The second kappa shape index (κ2) is 9.67. The van der Waals surface area contributed by atoms with Crippen LogP contribution >= 0.6 is 12.4 Å². The molecule has 1 aromatic heterocycles. The van der Waals surface area contributed by atoms with E-state index in [0.29, 0.717) is 18.3 Å². The minimum absolute atomic E-state index is 0. The zero-order valence-electron chi connectivity index (χ0n) is 16.6. The summed E-state index contributed by atoms with van der Waals surface area (Å²) in [6.07, 6.45) is 9.03. The summed E-state index contributed by atoms with van der Waals surface area (Å²) >= 11 is 0. The van der Waals surface area contributed by atoms with E-state index in [1.807, 2.05) is 10.7 Å². The lowest BCUT2D eigenvalue weighted by Gasteiger charge is -2.38. The number of aromatic nitrogens is 3. The minimum Gasteiger partial charge on any atom is -0.350 e. The van der Waals surface area contributed by atoms with Gasteiger partial charge in [-0.2, -0.15) is 0 Å². The highest BCUT2D eigenvalue weighted by Crippen LogP contribution is 2.39. The number of hydrogen-bond acceptors (Lipinski definition) is 4. The third-order valence-corrected chi connectivity index (χ3v) is 6.26. The van der Waals surface area contributed by atoms with Gasteiger partial charge in [-0.25, -0.2) is 9.07 Å². The van der Waals surface area contributed by atoms with Crippen LogP contribution in [-0.4, -0.2) is 40.5 Å². The van der Waals surface area contributed by atoms with E-state index in [4.69, 9.17) is 0 Å². The Labute approximate surface area is 177 Å². The average molecular weight is 422 g/mol. The Bertz CT molecular complexity index is 815. The second-order valence-corrected chi connectivity index (χ2v) is 8.10. The van der Waals surface area contributed by atoms with Crippen LogP contribution in [0.25, 0.3) is 0 Å². The third kappa shape index (κ3) is 4.95. The van der Waals surface area contributed by atoms with Crippen molar-refractivity contribution in [2.75, 3.05) is 19.6 Å². The van der Waals surface area contributed by atoms with Gasteiger partial charge in [0.05, 0.1) is 12.2 Å². The van der Waals surface area contributed by atoms with E-state index in [1.165, 1.54) is 12.5 Å². The maximum absolute atomic E-state index is 13.8. The molecule has 0 radical (unpaired) electrons. The zero-order valence-corrected chi connectivity index (χ0v) is 17.4. The minimum atomic E-state index is -0.223. The molecule has 2 N–H and O–H groups in total. The van der Waals surface area contributed by atoms with Crippen LogP contribution < -0.4 is 10.6 Å². The Morgan fingerprint density at radius 2 is 2.00 bits per heavy atom. The van der Waals surface area contributed by atoms with Crippen LogP contribution in [-0.2, 0) is 5.41 Å². The molecule has 4 rings (SSSR count). The first-order valence-corrected chi connectivity index (χ1v) is 10.3. The Balaban J connectivity index is 0.00000240. The molecular weight excluding hydrogens is 393 g/mol. The smallest absolute Gasteiger partial charge is 0.273 e.